The standard InChI is InChI=1S/C32H33N3O5/c1-3-5-16-35-29(37)26-27(30(35)38)32(31(39)40,18-19-10-13-21(36)14-11-19)33-28(26)20-12-15-25-23(17-20)22-8-6-7-9-24(22)34(25)4-2/h6-15,17,26-28,33,36H,3-5,16,18H2,1-2H3,(H,39,40). The van der Waals surface area contributed by atoms with Crippen molar-refractivity contribution < 1.29 is 24.6 Å². The summed E-state index contributed by atoms with van der Waals surface area (Å²) >= 11 is 0. The molecular weight excluding hydrogens is 506 g/mol. The molecule has 0 spiro atoms. The number of likely N-dealkylation sites (tertiary alicyclic amines) is 1. The van der Waals surface area contributed by atoms with E-state index in [1.54, 1.807) is 12.1 Å². The van der Waals surface area contributed by atoms with Gasteiger partial charge in [0.05, 0.1) is 11.8 Å². The fraction of sp³-hybridized carbons (Fsp3) is 0.344. The van der Waals surface area contributed by atoms with Gasteiger partial charge >= 0.3 is 5.97 Å². The van der Waals surface area contributed by atoms with Crippen molar-refractivity contribution in [3.05, 3.63) is 77.9 Å². The number of para-hydroxylation sites is 1. The number of hydrogen-bond donors (Lipinski definition) is 3. The molecule has 1 aromatic heterocycles. The van der Waals surface area contributed by atoms with E-state index in [0.29, 0.717) is 12.0 Å². The number of benzene rings is 3. The molecule has 3 heterocycles. The molecule has 3 aromatic carbocycles. The molecule has 40 heavy (non-hydrogen) atoms. The van der Waals surface area contributed by atoms with Crippen LogP contribution in [-0.4, -0.2) is 49.5 Å². The molecule has 4 aromatic rings. The van der Waals surface area contributed by atoms with Crippen molar-refractivity contribution in [1.29, 1.82) is 0 Å². The third-order valence-electron chi connectivity index (χ3n) is 8.75. The van der Waals surface area contributed by atoms with Gasteiger partial charge in [0.25, 0.3) is 0 Å². The maximum atomic E-state index is 13.9. The van der Waals surface area contributed by atoms with Gasteiger partial charge in [-0.2, -0.15) is 0 Å². The van der Waals surface area contributed by atoms with Gasteiger partial charge < -0.3 is 14.8 Å². The van der Waals surface area contributed by atoms with Crippen LogP contribution in [0.4, 0.5) is 0 Å². The molecule has 2 fully saturated rings. The first kappa shape index (κ1) is 26.1. The number of imide groups is 1. The number of phenolic OH excluding ortho intramolecular Hbond substituents is 1. The van der Waals surface area contributed by atoms with Crippen molar-refractivity contribution in [1.82, 2.24) is 14.8 Å². The summed E-state index contributed by atoms with van der Waals surface area (Å²) in [5, 5.41) is 25.9. The minimum absolute atomic E-state index is 0.00168. The lowest BCUT2D eigenvalue weighted by Crippen LogP contribution is -2.57. The number of carbonyl (C=O) groups excluding carboxylic acids is 2. The van der Waals surface area contributed by atoms with Crippen molar-refractivity contribution in [2.24, 2.45) is 11.8 Å². The number of aromatic nitrogens is 1. The third kappa shape index (κ3) is 3.81. The Morgan fingerprint density at radius 2 is 1.68 bits per heavy atom. The summed E-state index contributed by atoms with van der Waals surface area (Å²) in [5.41, 5.74) is 1.93. The highest BCUT2D eigenvalue weighted by Crippen LogP contribution is 2.50. The number of amides is 2. The Labute approximate surface area is 232 Å². The molecule has 3 N–H and O–H groups in total. The number of fused-ring (bicyclic) bond motifs is 4. The highest BCUT2D eigenvalue weighted by atomic mass is 16.4. The van der Waals surface area contributed by atoms with Crippen molar-refractivity contribution in [2.45, 2.75) is 51.2 Å². The Morgan fingerprint density at radius 3 is 2.38 bits per heavy atom. The Bertz CT molecular complexity index is 1640. The number of aryl methyl sites for hydroxylation is 1. The molecule has 6 rings (SSSR count). The summed E-state index contributed by atoms with van der Waals surface area (Å²) in [5.74, 6) is -3.73. The molecule has 2 saturated heterocycles. The number of nitrogens with zero attached hydrogens (tertiary/aromatic N) is 2. The number of unbranched alkanes of at least 4 members (excludes halogenated alkanes) is 1. The summed E-state index contributed by atoms with van der Waals surface area (Å²) in [6.07, 6.45) is 1.47. The lowest BCUT2D eigenvalue weighted by Gasteiger charge is -2.31. The molecule has 2 aliphatic heterocycles. The van der Waals surface area contributed by atoms with E-state index in [4.69, 9.17) is 0 Å². The Morgan fingerprint density at radius 1 is 0.950 bits per heavy atom. The second kappa shape index (κ2) is 9.78. The summed E-state index contributed by atoms with van der Waals surface area (Å²) in [6, 6.07) is 19.8. The van der Waals surface area contributed by atoms with Gasteiger partial charge in [0, 0.05) is 47.4 Å². The van der Waals surface area contributed by atoms with E-state index in [0.717, 1.165) is 40.3 Å². The molecule has 4 atom stereocenters. The Hall–Kier alpha value is -4.17. The van der Waals surface area contributed by atoms with Gasteiger partial charge in [-0.25, -0.2) is 0 Å². The van der Waals surface area contributed by atoms with E-state index in [1.165, 1.54) is 17.0 Å². The number of nitrogens with one attached hydrogen (secondary N) is 1. The maximum absolute atomic E-state index is 13.9. The van der Waals surface area contributed by atoms with Crippen LogP contribution in [0, 0.1) is 11.8 Å². The second-order valence-electron chi connectivity index (χ2n) is 11.0. The van der Waals surface area contributed by atoms with Crippen LogP contribution in [0.5, 0.6) is 5.75 Å². The molecule has 8 nitrogen and oxygen atoms in total. The predicted molar refractivity (Wildman–Crippen MR) is 152 cm³/mol. The van der Waals surface area contributed by atoms with E-state index < -0.39 is 35.3 Å². The Balaban J connectivity index is 1.50. The van der Waals surface area contributed by atoms with Gasteiger partial charge in [0.2, 0.25) is 11.8 Å². The van der Waals surface area contributed by atoms with E-state index in [2.05, 4.69) is 28.9 Å². The monoisotopic (exact) mass is 539 g/mol. The minimum atomic E-state index is -1.69. The van der Waals surface area contributed by atoms with Gasteiger partial charge in [0.15, 0.2) is 0 Å². The van der Waals surface area contributed by atoms with E-state index >= 15 is 0 Å². The highest BCUT2D eigenvalue weighted by molar-refractivity contribution is 6.10. The quantitative estimate of drug-likeness (QED) is 0.282. The average Bonchev–Trinajstić information content (AvgIpc) is 3.55. The lowest BCUT2D eigenvalue weighted by atomic mass is 9.76. The number of aliphatic carboxylic acids is 1. The largest absolute Gasteiger partial charge is 0.508 e. The van der Waals surface area contributed by atoms with Crippen LogP contribution >= 0.6 is 0 Å². The van der Waals surface area contributed by atoms with Crippen LogP contribution in [0.3, 0.4) is 0 Å². The fourth-order valence-corrected chi connectivity index (χ4v) is 6.86. The number of aromatic hydroxyl groups is 1. The molecular formula is C32H33N3O5. The zero-order chi connectivity index (χ0) is 28.2. The Kier molecular flexibility index (Phi) is 6.38. The smallest absolute Gasteiger partial charge is 0.325 e. The van der Waals surface area contributed by atoms with Crippen LogP contribution < -0.4 is 5.32 Å². The van der Waals surface area contributed by atoms with Crippen molar-refractivity contribution in [3.63, 3.8) is 0 Å². The minimum Gasteiger partial charge on any atom is -0.508 e. The molecule has 2 aliphatic rings. The fourth-order valence-electron chi connectivity index (χ4n) is 6.86. The molecule has 206 valence electrons. The first-order chi connectivity index (χ1) is 19.3. The average molecular weight is 540 g/mol. The van der Waals surface area contributed by atoms with Gasteiger partial charge in [-0.1, -0.05) is 49.7 Å². The molecule has 8 heteroatoms. The summed E-state index contributed by atoms with van der Waals surface area (Å²) < 4.78 is 2.24. The number of carboxylic acids is 1. The van der Waals surface area contributed by atoms with Gasteiger partial charge in [-0.3, -0.25) is 24.6 Å². The van der Waals surface area contributed by atoms with Gasteiger partial charge in [-0.15, -0.1) is 0 Å². The first-order valence-electron chi connectivity index (χ1n) is 14.0. The zero-order valence-electron chi connectivity index (χ0n) is 22.6. The maximum Gasteiger partial charge on any atom is 0.325 e. The molecule has 0 saturated carbocycles. The molecule has 0 radical (unpaired) electrons. The normalized spacial score (nSPS) is 24.4. The van der Waals surface area contributed by atoms with E-state index in [-0.39, 0.29) is 24.6 Å². The van der Waals surface area contributed by atoms with Crippen LogP contribution in [0.2, 0.25) is 0 Å². The summed E-state index contributed by atoms with van der Waals surface area (Å²) in [6.45, 7) is 5.17. The molecule has 0 bridgehead atoms. The number of phenols is 1. The van der Waals surface area contributed by atoms with Crippen molar-refractivity contribution in [3.8, 4) is 5.75 Å². The predicted octanol–water partition coefficient (Wildman–Crippen LogP) is 4.63. The first-order valence-corrected chi connectivity index (χ1v) is 14.0. The van der Waals surface area contributed by atoms with E-state index in [9.17, 15) is 24.6 Å². The van der Waals surface area contributed by atoms with Gasteiger partial charge in [-0.05, 0) is 54.8 Å². The number of rotatable bonds is 8. The van der Waals surface area contributed by atoms with Crippen molar-refractivity contribution in [2.75, 3.05) is 6.54 Å². The molecule has 2 amide bonds. The van der Waals surface area contributed by atoms with Crippen LogP contribution in [0.25, 0.3) is 21.8 Å². The highest BCUT2D eigenvalue weighted by Gasteiger charge is 2.68. The van der Waals surface area contributed by atoms with E-state index in [1.807, 2.05) is 37.3 Å². The van der Waals surface area contributed by atoms with Crippen LogP contribution in [0.1, 0.15) is 43.9 Å². The van der Waals surface area contributed by atoms with Crippen molar-refractivity contribution >= 4 is 39.6 Å². The molecule has 4 unspecified atom stereocenters. The van der Waals surface area contributed by atoms with Crippen LogP contribution in [-0.2, 0) is 27.3 Å². The van der Waals surface area contributed by atoms with Crippen LogP contribution in [0.15, 0.2) is 66.7 Å². The zero-order valence-corrected chi connectivity index (χ0v) is 22.6. The number of carbonyl (C=O) groups is 3. The molecule has 0 aliphatic carbocycles. The summed E-state index contributed by atoms with van der Waals surface area (Å²) in [7, 11) is 0. The SMILES string of the molecule is CCCCN1C(=O)C2C(c3ccc4c(c3)c3ccccc3n4CC)NC(Cc3ccc(O)cc3)(C(=O)O)C2C1=O. The third-order valence-corrected chi connectivity index (χ3v) is 8.75. The van der Waals surface area contributed by atoms with Gasteiger partial charge in [0.1, 0.15) is 11.3 Å². The summed E-state index contributed by atoms with van der Waals surface area (Å²) in [4.78, 5) is 42.1. The lowest BCUT2D eigenvalue weighted by molar-refractivity contribution is -0.151. The topological polar surface area (TPSA) is 112 Å². The number of carboxylic acid groups (broad SMARTS) is 1. The second-order valence-corrected chi connectivity index (χ2v) is 11.0. The number of hydrogen-bond acceptors (Lipinski definition) is 5.